The average Bonchev–Trinajstić information content (AvgIpc) is 3.12. The van der Waals surface area contributed by atoms with Crippen molar-refractivity contribution in [2.75, 3.05) is 14.2 Å². The van der Waals surface area contributed by atoms with Gasteiger partial charge in [-0.1, -0.05) is 11.8 Å². The summed E-state index contributed by atoms with van der Waals surface area (Å²) in [5.41, 5.74) is 1.67. The Balaban J connectivity index is 1.45. The number of ether oxygens (including phenoxy) is 2. The van der Waals surface area contributed by atoms with Crippen LogP contribution in [0, 0.1) is 0 Å². The molecule has 0 amide bonds. The molecule has 0 spiro atoms. The van der Waals surface area contributed by atoms with Gasteiger partial charge in [-0.25, -0.2) is 0 Å². The molecule has 7 nitrogen and oxygen atoms in total. The quantitative estimate of drug-likeness (QED) is 0.626. The van der Waals surface area contributed by atoms with Gasteiger partial charge in [0.25, 0.3) is 0 Å². The predicted octanol–water partition coefficient (Wildman–Crippen LogP) is 3.79. The fourth-order valence-corrected chi connectivity index (χ4v) is 4.79. The van der Waals surface area contributed by atoms with Gasteiger partial charge in [0, 0.05) is 11.6 Å². The third kappa shape index (κ3) is 2.79. The highest BCUT2D eigenvalue weighted by Gasteiger charge is 2.37. The molecule has 1 fully saturated rings. The van der Waals surface area contributed by atoms with Crippen molar-refractivity contribution in [1.82, 2.24) is 14.8 Å². The maximum atomic E-state index is 13.0. The van der Waals surface area contributed by atoms with E-state index in [9.17, 15) is 4.79 Å². The van der Waals surface area contributed by atoms with E-state index in [4.69, 9.17) is 13.9 Å². The number of fused-ring (bicyclic) bond motifs is 1. The van der Waals surface area contributed by atoms with Gasteiger partial charge in [-0.2, -0.15) is 0 Å². The molecule has 2 aromatic heterocycles. The van der Waals surface area contributed by atoms with Crippen LogP contribution in [0.15, 0.2) is 40.1 Å². The summed E-state index contributed by atoms with van der Waals surface area (Å²) in [5.74, 6) is 2.72. The van der Waals surface area contributed by atoms with Gasteiger partial charge < -0.3 is 13.9 Å². The average molecular weight is 397 g/mol. The highest BCUT2D eigenvalue weighted by atomic mass is 32.2. The Bertz CT molecular complexity index is 1040. The number of furan rings is 1. The van der Waals surface area contributed by atoms with Crippen LogP contribution in [0.2, 0.25) is 0 Å². The number of ketones is 1. The van der Waals surface area contributed by atoms with Crippen molar-refractivity contribution >= 4 is 17.5 Å². The summed E-state index contributed by atoms with van der Waals surface area (Å²) in [6.45, 7) is 0. The standard InChI is InChI=1S/C20H19N3O4S/c1-25-15-8-11-9-17(18(24)13(11)10-16(15)26-2)28-20-22-21-19(14-4-3-7-27-14)23(20)12-5-6-12/h3-4,7-8,10,12,17H,5-6,9H2,1-2H3/t17-/m0/s1. The number of rotatable bonds is 6. The first kappa shape index (κ1) is 17.4. The SMILES string of the molecule is COc1cc2c(cc1OC)C(=O)[C@@H](Sc1nnc(-c3ccco3)n1C1CC1)C2. The van der Waals surface area contributed by atoms with Crippen LogP contribution >= 0.6 is 11.8 Å². The molecule has 1 atom stereocenters. The molecular weight excluding hydrogens is 378 g/mol. The number of carbonyl (C=O) groups is 1. The zero-order valence-electron chi connectivity index (χ0n) is 15.5. The monoisotopic (exact) mass is 397 g/mol. The minimum atomic E-state index is -0.238. The number of methoxy groups -OCH3 is 2. The van der Waals surface area contributed by atoms with Crippen LogP contribution in [-0.2, 0) is 6.42 Å². The summed E-state index contributed by atoms with van der Waals surface area (Å²) in [4.78, 5) is 13.0. The van der Waals surface area contributed by atoms with Crippen molar-refractivity contribution in [3.05, 3.63) is 41.7 Å². The van der Waals surface area contributed by atoms with E-state index in [2.05, 4.69) is 14.8 Å². The Morgan fingerprint density at radius 3 is 2.64 bits per heavy atom. The predicted molar refractivity (Wildman–Crippen MR) is 103 cm³/mol. The van der Waals surface area contributed by atoms with Gasteiger partial charge in [-0.05, 0) is 49.1 Å². The van der Waals surface area contributed by atoms with E-state index in [-0.39, 0.29) is 11.0 Å². The van der Waals surface area contributed by atoms with E-state index < -0.39 is 0 Å². The van der Waals surface area contributed by atoms with Crippen LogP contribution in [0.4, 0.5) is 0 Å². The lowest BCUT2D eigenvalue weighted by Crippen LogP contribution is -2.13. The second-order valence-electron chi connectivity index (χ2n) is 6.92. The van der Waals surface area contributed by atoms with E-state index >= 15 is 0 Å². The van der Waals surface area contributed by atoms with E-state index in [1.165, 1.54) is 11.8 Å². The van der Waals surface area contributed by atoms with Crippen LogP contribution in [0.5, 0.6) is 11.5 Å². The first-order valence-electron chi connectivity index (χ1n) is 9.14. The first-order chi connectivity index (χ1) is 13.7. The number of aromatic nitrogens is 3. The number of hydrogen-bond donors (Lipinski definition) is 0. The maximum Gasteiger partial charge on any atom is 0.200 e. The smallest absolute Gasteiger partial charge is 0.200 e. The summed E-state index contributed by atoms with van der Waals surface area (Å²) in [6, 6.07) is 7.76. The van der Waals surface area contributed by atoms with Crippen LogP contribution in [0.1, 0.15) is 34.8 Å². The number of carbonyl (C=O) groups excluding carboxylic acids is 1. The molecule has 2 heterocycles. The molecule has 3 aromatic rings. The molecular formula is C20H19N3O4S. The molecule has 8 heteroatoms. The van der Waals surface area contributed by atoms with Gasteiger partial charge in [-0.3, -0.25) is 9.36 Å². The largest absolute Gasteiger partial charge is 0.493 e. The van der Waals surface area contributed by atoms with Crippen LogP contribution < -0.4 is 9.47 Å². The van der Waals surface area contributed by atoms with E-state index in [1.807, 2.05) is 18.2 Å². The van der Waals surface area contributed by atoms with Gasteiger partial charge in [0.05, 0.1) is 25.7 Å². The molecule has 1 aromatic carbocycles. The summed E-state index contributed by atoms with van der Waals surface area (Å²) in [6.07, 6.45) is 4.44. The van der Waals surface area contributed by atoms with Gasteiger partial charge in [0.2, 0.25) is 5.82 Å². The molecule has 0 radical (unpaired) electrons. The van der Waals surface area contributed by atoms with E-state index in [0.717, 1.165) is 29.4 Å². The number of benzene rings is 1. The molecule has 0 saturated heterocycles. The second-order valence-corrected chi connectivity index (χ2v) is 8.09. The maximum absolute atomic E-state index is 13.0. The van der Waals surface area contributed by atoms with Crippen molar-refractivity contribution in [2.45, 2.75) is 35.7 Å². The summed E-state index contributed by atoms with van der Waals surface area (Å²) >= 11 is 1.47. The Labute approximate surface area is 166 Å². The lowest BCUT2D eigenvalue weighted by molar-refractivity contribution is 0.1000. The molecule has 2 aliphatic carbocycles. The summed E-state index contributed by atoms with van der Waals surface area (Å²) in [7, 11) is 3.17. The molecule has 0 unspecified atom stereocenters. The summed E-state index contributed by atoms with van der Waals surface area (Å²) in [5, 5.41) is 9.24. The lowest BCUT2D eigenvalue weighted by Gasteiger charge is -2.10. The zero-order chi connectivity index (χ0) is 19.3. The van der Waals surface area contributed by atoms with Crippen LogP contribution in [0.3, 0.4) is 0 Å². The van der Waals surface area contributed by atoms with Crippen LogP contribution in [-0.4, -0.2) is 40.0 Å². The topological polar surface area (TPSA) is 79.4 Å². The number of Topliss-reactive ketones (excluding diaryl/α,β-unsaturated/α-hetero) is 1. The van der Waals surface area contributed by atoms with Gasteiger partial charge in [0.15, 0.2) is 28.2 Å². The van der Waals surface area contributed by atoms with E-state index in [1.54, 1.807) is 26.5 Å². The molecule has 28 heavy (non-hydrogen) atoms. The highest BCUT2D eigenvalue weighted by molar-refractivity contribution is 8.00. The normalized spacial score (nSPS) is 18.4. The first-order valence-corrected chi connectivity index (χ1v) is 10.0. The Morgan fingerprint density at radius 2 is 1.96 bits per heavy atom. The highest BCUT2D eigenvalue weighted by Crippen LogP contribution is 2.44. The van der Waals surface area contributed by atoms with Gasteiger partial charge in [-0.15, -0.1) is 10.2 Å². The van der Waals surface area contributed by atoms with Gasteiger partial charge >= 0.3 is 0 Å². The minimum absolute atomic E-state index is 0.0887. The molecule has 0 N–H and O–H groups in total. The summed E-state index contributed by atoms with van der Waals surface area (Å²) < 4.78 is 18.3. The zero-order valence-corrected chi connectivity index (χ0v) is 16.4. The molecule has 144 valence electrons. The van der Waals surface area contributed by atoms with Gasteiger partial charge in [0.1, 0.15) is 0 Å². The van der Waals surface area contributed by atoms with Crippen molar-refractivity contribution in [3.8, 4) is 23.1 Å². The van der Waals surface area contributed by atoms with Crippen molar-refractivity contribution < 1.29 is 18.7 Å². The Hall–Kier alpha value is -2.74. The molecule has 0 aliphatic heterocycles. The lowest BCUT2D eigenvalue weighted by atomic mass is 10.1. The third-order valence-electron chi connectivity index (χ3n) is 5.14. The van der Waals surface area contributed by atoms with E-state index in [0.29, 0.717) is 35.3 Å². The Morgan fingerprint density at radius 1 is 1.18 bits per heavy atom. The van der Waals surface area contributed by atoms with Crippen molar-refractivity contribution in [1.29, 1.82) is 0 Å². The number of hydrogen-bond acceptors (Lipinski definition) is 7. The van der Waals surface area contributed by atoms with Crippen molar-refractivity contribution in [3.63, 3.8) is 0 Å². The minimum Gasteiger partial charge on any atom is -0.493 e. The third-order valence-corrected chi connectivity index (χ3v) is 6.29. The molecule has 5 rings (SSSR count). The fourth-order valence-electron chi connectivity index (χ4n) is 3.60. The number of nitrogens with zero attached hydrogens (tertiary/aromatic N) is 3. The molecule has 0 bridgehead atoms. The van der Waals surface area contributed by atoms with Crippen molar-refractivity contribution in [2.24, 2.45) is 0 Å². The molecule has 1 saturated carbocycles. The molecule has 2 aliphatic rings. The second kappa shape index (κ2) is 6.70. The van der Waals surface area contributed by atoms with Crippen LogP contribution in [0.25, 0.3) is 11.6 Å². The number of thioether (sulfide) groups is 1. The fraction of sp³-hybridized carbons (Fsp3) is 0.350. The Kier molecular flexibility index (Phi) is 4.16.